The molecule has 7 heteroatoms. The lowest BCUT2D eigenvalue weighted by Gasteiger charge is -2.23. The number of nitrogens with two attached hydrogens (primary N) is 1. The topological polar surface area (TPSA) is 47.1 Å². The van der Waals surface area contributed by atoms with Crippen molar-refractivity contribution in [2.24, 2.45) is 12.8 Å². The Morgan fingerprint density at radius 1 is 1.36 bits per heavy atom. The van der Waals surface area contributed by atoms with Gasteiger partial charge in [0.15, 0.2) is 0 Å². The lowest BCUT2D eigenvalue weighted by Crippen LogP contribution is -2.27. The number of alkyl halides is 3. The second-order valence-corrected chi connectivity index (χ2v) is 5.55. The minimum absolute atomic E-state index is 0.197. The fraction of sp³-hybridized carbons (Fsp3) is 0.400. The van der Waals surface area contributed by atoms with Gasteiger partial charge >= 0.3 is 6.18 Å². The molecule has 2 N–H and O–H groups in total. The molecule has 0 amide bonds. The maximum absolute atomic E-state index is 13.2. The van der Waals surface area contributed by atoms with E-state index in [1.165, 1.54) is 6.07 Å². The van der Waals surface area contributed by atoms with Gasteiger partial charge in [-0.15, -0.1) is 0 Å². The van der Waals surface area contributed by atoms with Gasteiger partial charge < -0.3 is 5.73 Å². The molecule has 2 heterocycles. The van der Waals surface area contributed by atoms with Crippen LogP contribution in [0.1, 0.15) is 28.3 Å². The van der Waals surface area contributed by atoms with Crippen LogP contribution in [-0.4, -0.2) is 21.2 Å². The van der Waals surface area contributed by atoms with E-state index >= 15 is 0 Å². The van der Waals surface area contributed by atoms with Crippen LogP contribution in [0.15, 0.2) is 30.6 Å². The predicted octanol–water partition coefficient (Wildman–Crippen LogP) is 2.45. The summed E-state index contributed by atoms with van der Waals surface area (Å²) >= 11 is 0. The third kappa shape index (κ3) is 2.62. The molecule has 1 aromatic heterocycles. The van der Waals surface area contributed by atoms with Gasteiger partial charge in [-0.3, -0.25) is 9.58 Å². The van der Waals surface area contributed by atoms with Crippen LogP contribution in [0.2, 0.25) is 0 Å². The van der Waals surface area contributed by atoms with Crippen molar-refractivity contribution >= 4 is 0 Å². The number of hydrogen-bond donors (Lipinski definition) is 1. The van der Waals surface area contributed by atoms with Crippen molar-refractivity contribution in [3.05, 3.63) is 52.8 Å². The van der Waals surface area contributed by atoms with E-state index in [0.717, 1.165) is 11.6 Å². The lowest BCUT2D eigenvalue weighted by molar-refractivity contribution is -0.138. The molecular weight excluding hydrogens is 293 g/mol. The van der Waals surface area contributed by atoms with Crippen molar-refractivity contribution < 1.29 is 13.2 Å². The average molecular weight is 310 g/mol. The fourth-order valence-electron chi connectivity index (χ4n) is 3.10. The molecule has 1 aliphatic rings. The standard InChI is InChI=1S/C15H17F3N4/c1-21-7-10(6-20-21)8-22-9-12-11(14(22)5-19)3-2-4-13(12)15(16,17)18/h2-4,6-7,14H,5,8-9,19H2,1H3. The third-order valence-electron chi connectivity index (χ3n) is 4.05. The van der Waals surface area contributed by atoms with Crippen molar-refractivity contribution in [2.45, 2.75) is 25.3 Å². The van der Waals surface area contributed by atoms with E-state index in [9.17, 15) is 13.2 Å². The lowest BCUT2D eigenvalue weighted by atomic mass is 9.99. The summed E-state index contributed by atoms with van der Waals surface area (Å²) in [5, 5.41) is 4.09. The van der Waals surface area contributed by atoms with Gasteiger partial charge in [0.25, 0.3) is 0 Å². The van der Waals surface area contributed by atoms with Crippen LogP contribution in [0.5, 0.6) is 0 Å². The molecule has 1 aromatic carbocycles. The zero-order chi connectivity index (χ0) is 15.9. The molecule has 22 heavy (non-hydrogen) atoms. The summed E-state index contributed by atoms with van der Waals surface area (Å²) in [4.78, 5) is 1.97. The minimum atomic E-state index is -4.34. The van der Waals surface area contributed by atoms with Crippen molar-refractivity contribution in [2.75, 3.05) is 6.54 Å². The molecule has 0 saturated carbocycles. The van der Waals surface area contributed by atoms with Crippen LogP contribution in [0.3, 0.4) is 0 Å². The molecule has 0 saturated heterocycles. The van der Waals surface area contributed by atoms with Gasteiger partial charge in [0.1, 0.15) is 0 Å². The number of aryl methyl sites for hydroxylation is 1. The van der Waals surface area contributed by atoms with Crippen LogP contribution >= 0.6 is 0 Å². The molecule has 118 valence electrons. The summed E-state index contributed by atoms with van der Waals surface area (Å²) in [6.45, 7) is 1.07. The second-order valence-electron chi connectivity index (χ2n) is 5.55. The summed E-state index contributed by atoms with van der Waals surface area (Å²) in [6, 6.07) is 4.14. The number of fused-ring (bicyclic) bond motifs is 1. The van der Waals surface area contributed by atoms with Gasteiger partial charge in [-0.2, -0.15) is 18.3 Å². The highest BCUT2D eigenvalue weighted by Crippen LogP contribution is 2.41. The first-order valence-corrected chi connectivity index (χ1v) is 7.00. The quantitative estimate of drug-likeness (QED) is 0.947. The summed E-state index contributed by atoms with van der Waals surface area (Å²) in [5.41, 5.74) is 7.24. The predicted molar refractivity (Wildman–Crippen MR) is 75.7 cm³/mol. The van der Waals surface area contributed by atoms with Crippen molar-refractivity contribution in [1.82, 2.24) is 14.7 Å². The Hall–Kier alpha value is -1.86. The monoisotopic (exact) mass is 310 g/mol. The molecule has 0 spiro atoms. The largest absolute Gasteiger partial charge is 0.416 e. The van der Waals surface area contributed by atoms with Gasteiger partial charge in [0.05, 0.1) is 11.8 Å². The number of nitrogens with zero attached hydrogens (tertiary/aromatic N) is 3. The Kier molecular flexibility index (Phi) is 3.70. The second kappa shape index (κ2) is 5.40. The zero-order valence-electron chi connectivity index (χ0n) is 12.1. The Balaban J connectivity index is 1.93. The van der Waals surface area contributed by atoms with Crippen molar-refractivity contribution in [3.8, 4) is 0 Å². The normalized spacial score (nSPS) is 18.7. The zero-order valence-corrected chi connectivity index (χ0v) is 12.1. The molecule has 1 aliphatic heterocycles. The summed E-state index contributed by atoms with van der Waals surface area (Å²) < 4.78 is 41.2. The Morgan fingerprint density at radius 3 is 2.73 bits per heavy atom. The SMILES string of the molecule is Cn1cc(CN2Cc3c(cccc3C(F)(F)F)C2CN)cn1. The molecule has 1 unspecified atom stereocenters. The average Bonchev–Trinajstić information content (AvgIpc) is 3.00. The fourth-order valence-corrected chi connectivity index (χ4v) is 3.10. The first-order chi connectivity index (χ1) is 10.4. The summed E-state index contributed by atoms with van der Waals surface area (Å²) in [7, 11) is 1.81. The van der Waals surface area contributed by atoms with E-state index in [0.29, 0.717) is 17.7 Å². The maximum Gasteiger partial charge on any atom is 0.416 e. The number of hydrogen-bond acceptors (Lipinski definition) is 3. The third-order valence-corrected chi connectivity index (χ3v) is 4.05. The van der Waals surface area contributed by atoms with Crippen LogP contribution in [-0.2, 0) is 26.3 Å². The Labute approximate surface area is 126 Å². The molecule has 1 atom stereocenters. The molecule has 3 rings (SSSR count). The highest BCUT2D eigenvalue weighted by molar-refractivity contribution is 5.42. The van der Waals surface area contributed by atoms with Gasteiger partial charge in [0.2, 0.25) is 0 Å². The Morgan fingerprint density at radius 2 is 2.14 bits per heavy atom. The number of halogens is 3. The molecule has 0 radical (unpaired) electrons. The molecule has 4 nitrogen and oxygen atoms in total. The molecule has 0 bridgehead atoms. The van der Waals surface area contributed by atoms with Crippen LogP contribution in [0.25, 0.3) is 0 Å². The highest BCUT2D eigenvalue weighted by atomic mass is 19.4. The Bertz CT molecular complexity index is 678. The van der Waals surface area contributed by atoms with Crippen LogP contribution in [0.4, 0.5) is 13.2 Å². The molecular formula is C15H17F3N4. The van der Waals surface area contributed by atoms with Crippen LogP contribution < -0.4 is 5.73 Å². The van der Waals surface area contributed by atoms with E-state index < -0.39 is 11.7 Å². The van der Waals surface area contributed by atoms with Gasteiger partial charge in [-0.1, -0.05) is 12.1 Å². The van der Waals surface area contributed by atoms with E-state index in [1.807, 2.05) is 18.1 Å². The highest BCUT2D eigenvalue weighted by Gasteiger charge is 2.39. The number of benzene rings is 1. The van der Waals surface area contributed by atoms with Gasteiger partial charge in [-0.05, 0) is 17.2 Å². The smallest absolute Gasteiger partial charge is 0.329 e. The van der Waals surface area contributed by atoms with E-state index in [1.54, 1.807) is 16.9 Å². The number of aromatic nitrogens is 2. The molecule has 0 fully saturated rings. The number of rotatable bonds is 3. The summed E-state index contributed by atoms with van der Waals surface area (Å²) in [6.07, 6.45) is -0.753. The van der Waals surface area contributed by atoms with Gasteiger partial charge in [0, 0.05) is 44.5 Å². The van der Waals surface area contributed by atoms with Crippen molar-refractivity contribution in [1.29, 1.82) is 0 Å². The maximum atomic E-state index is 13.2. The minimum Gasteiger partial charge on any atom is -0.329 e. The summed E-state index contributed by atoms with van der Waals surface area (Å²) in [5.74, 6) is 0. The molecule has 2 aromatic rings. The van der Waals surface area contributed by atoms with Gasteiger partial charge in [-0.25, -0.2) is 0 Å². The first kappa shape index (κ1) is 15.1. The van der Waals surface area contributed by atoms with E-state index in [4.69, 9.17) is 5.73 Å². The first-order valence-electron chi connectivity index (χ1n) is 7.00. The molecule has 0 aliphatic carbocycles. The van der Waals surface area contributed by atoms with E-state index in [-0.39, 0.29) is 19.1 Å². The van der Waals surface area contributed by atoms with Crippen molar-refractivity contribution in [3.63, 3.8) is 0 Å². The van der Waals surface area contributed by atoms with Crippen LogP contribution in [0, 0.1) is 0 Å². The van der Waals surface area contributed by atoms with E-state index in [2.05, 4.69) is 5.10 Å².